The number of aliphatic hydroxyl groups excluding tert-OH is 4. The molecule has 1 saturated heterocycles. The highest BCUT2D eigenvalue weighted by atomic mass is 16.7. The van der Waals surface area contributed by atoms with Gasteiger partial charge in [0.2, 0.25) is 6.29 Å². The molecule has 3 rings (SSSR count). The van der Waals surface area contributed by atoms with E-state index in [0.29, 0.717) is 0 Å². The molecule has 1 heterocycles. The first kappa shape index (κ1) is 21.8. The summed E-state index contributed by atoms with van der Waals surface area (Å²) < 4.78 is 10.8. The largest absolute Gasteiger partial charge is 0.507 e. The van der Waals surface area contributed by atoms with E-state index in [1.54, 1.807) is 6.08 Å². The first-order valence-corrected chi connectivity index (χ1v) is 9.12. The van der Waals surface area contributed by atoms with Gasteiger partial charge in [-0.25, -0.2) is 4.79 Å². The molecule has 1 fully saturated rings. The van der Waals surface area contributed by atoms with Gasteiger partial charge in [0, 0.05) is 6.07 Å². The first-order chi connectivity index (χ1) is 14.3. The van der Waals surface area contributed by atoms with Crippen LogP contribution < -0.4 is 4.74 Å². The predicted octanol–water partition coefficient (Wildman–Crippen LogP) is 0.439. The molecule has 30 heavy (non-hydrogen) atoms. The molecule has 2 aromatic carbocycles. The van der Waals surface area contributed by atoms with Crippen LogP contribution in [0.2, 0.25) is 0 Å². The molecule has 0 spiro atoms. The molecule has 0 amide bonds. The van der Waals surface area contributed by atoms with E-state index in [1.807, 2.05) is 30.3 Å². The Labute approximate surface area is 171 Å². The van der Waals surface area contributed by atoms with Crippen molar-refractivity contribution in [3.05, 3.63) is 59.2 Å². The summed E-state index contributed by atoms with van der Waals surface area (Å²) in [7, 11) is 0. The number of hydrogen-bond acceptors (Lipinski definition) is 8. The van der Waals surface area contributed by atoms with E-state index in [0.717, 1.165) is 11.6 Å². The Morgan fingerprint density at radius 1 is 1.03 bits per heavy atom. The molecule has 9 nitrogen and oxygen atoms in total. The van der Waals surface area contributed by atoms with Crippen molar-refractivity contribution >= 4 is 18.1 Å². The van der Waals surface area contributed by atoms with Gasteiger partial charge in [-0.05, 0) is 17.2 Å². The van der Waals surface area contributed by atoms with Crippen LogP contribution in [-0.2, 0) is 4.74 Å². The van der Waals surface area contributed by atoms with E-state index < -0.39 is 49.0 Å². The summed E-state index contributed by atoms with van der Waals surface area (Å²) >= 11 is 0. The highest BCUT2D eigenvalue weighted by molar-refractivity contribution is 5.96. The molecule has 2 aromatic rings. The number of benzene rings is 2. The number of aromatic carboxylic acids is 1. The number of hydrogen-bond donors (Lipinski definition) is 6. The standard InChI is InChI=1S/C21H22O9/c22-10-15-17(24)18(25)19(26)21(30-15)29-13-8-12(16(20(27)28)14(23)9-13)7-6-11-4-2-1-3-5-11/h1-9,15,17-19,21-26H,10H2,(H,27,28)/t15-,17+,18+,19+,21-/m0/s1. The Kier molecular flexibility index (Phi) is 6.70. The minimum atomic E-state index is -1.65. The number of phenols is 1. The fraction of sp³-hybridized carbons (Fsp3) is 0.286. The van der Waals surface area contributed by atoms with Crippen LogP contribution in [0.5, 0.6) is 11.5 Å². The van der Waals surface area contributed by atoms with Crippen LogP contribution in [0.25, 0.3) is 12.2 Å². The second-order valence-electron chi connectivity index (χ2n) is 6.77. The van der Waals surface area contributed by atoms with Gasteiger partial charge in [0.1, 0.15) is 41.5 Å². The monoisotopic (exact) mass is 418 g/mol. The summed E-state index contributed by atoms with van der Waals surface area (Å²) in [6.45, 7) is -0.626. The van der Waals surface area contributed by atoms with Crippen molar-refractivity contribution in [3.8, 4) is 11.5 Å². The van der Waals surface area contributed by atoms with E-state index in [2.05, 4.69) is 0 Å². The summed E-state index contributed by atoms with van der Waals surface area (Å²) in [5.74, 6) is -1.97. The summed E-state index contributed by atoms with van der Waals surface area (Å²) in [5, 5.41) is 58.7. The van der Waals surface area contributed by atoms with Gasteiger partial charge in [0.15, 0.2) is 0 Å². The summed E-state index contributed by atoms with van der Waals surface area (Å²) in [6.07, 6.45) is -4.33. The van der Waals surface area contributed by atoms with Crippen molar-refractivity contribution in [1.82, 2.24) is 0 Å². The Balaban J connectivity index is 1.91. The predicted molar refractivity (Wildman–Crippen MR) is 105 cm³/mol. The zero-order valence-corrected chi connectivity index (χ0v) is 15.7. The van der Waals surface area contributed by atoms with Crippen LogP contribution in [0.4, 0.5) is 0 Å². The molecule has 0 aliphatic carbocycles. The van der Waals surface area contributed by atoms with Crippen LogP contribution in [0, 0.1) is 0 Å². The molecule has 0 aromatic heterocycles. The molecule has 6 N–H and O–H groups in total. The van der Waals surface area contributed by atoms with Gasteiger partial charge in [-0.2, -0.15) is 0 Å². The normalized spacial score (nSPS) is 26.6. The van der Waals surface area contributed by atoms with Crippen molar-refractivity contribution in [2.45, 2.75) is 30.7 Å². The van der Waals surface area contributed by atoms with Gasteiger partial charge in [0.25, 0.3) is 0 Å². The fourth-order valence-electron chi connectivity index (χ4n) is 3.10. The highest BCUT2D eigenvalue weighted by Crippen LogP contribution is 2.32. The third-order valence-corrected chi connectivity index (χ3v) is 4.69. The number of ether oxygens (including phenoxy) is 2. The van der Waals surface area contributed by atoms with Gasteiger partial charge in [0.05, 0.1) is 6.61 Å². The second-order valence-corrected chi connectivity index (χ2v) is 6.77. The maximum Gasteiger partial charge on any atom is 0.340 e. The van der Waals surface area contributed by atoms with Crippen molar-refractivity contribution < 1.29 is 44.9 Å². The lowest BCUT2D eigenvalue weighted by atomic mass is 9.99. The van der Waals surface area contributed by atoms with Gasteiger partial charge in [-0.15, -0.1) is 0 Å². The highest BCUT2D eigenvalue weighted by Gasteiger charge is 2.44. The van der Waals surface area contributed by atoms with Gasteiger partial charge < -0.3 is 40.1 Å². The van der Waals surface area contributed by atoms with E-state index in [4.69, 9.17) is 9.47 Å². The molecule has 160 valence electrons. The molecular weight excluding hydrogens is 396 g/mol. The maximum atomic E-state index is 11.6. The Morgan fingerprint density at radius 2 is 1.73 bits per heavy atom. The Hall–Kier alpha value is -2.95. The average Bonchev–Trinajstić information content (AvgIpc) is 2.72. The summed E-state index contributed by atoms with van der Waals surface area (Å²) in [6, 6.07) is 11.4. The molecule has 9 heteroatoms. The van der Waals surface area contributed by atoms with Crippen molar-refractivity contribution in [3.63, 3.8) is 0 Å². The van der Waals surface area contributed by atoms with Crippen LogP contribution in [0.3, 0.4) is 0 Å². The van der Waals surface area contributed by atoms with Crippen molar-refractivity contribution in [1.29, 1.82) is 0 Å². The van der Waals surface area contributed by atoms with Crippen LogP contribution in [-0.4, -0.2) is 73.9 Å². The van der Waals surface area contributed by atoms with E-state index in [-0.39, 0.29) is 16.9 Å². The third kappa shape index (κ3) is 4.61. The molecule has 1 aliphatic rings. The number of carbonyl (C=O) groups is 1. The van der Waals surface area contributed by atoms with Crippen LogP contribution in [0.15, 0.2) is 42.5 Å². The summed E-state index contributed by atoms with van der Waals surface area (Å²) in [5.41, 5.74) is 0.586. The maximum absolute atomic E-state index is 11.6. The number of carboxylic acid groups (broad SMARTS) is 1. The van der Waals surface area contributed by atoms with Gasteiger partial charge in [-0.3, -0.25) is 0 Å². The quantitative estimate of drug-likeness (QED) is 0.366. The third-order valence-electron chi connectivity index (χ3n) is 4.69. The molecule has 1 aliphatic heterocycles. The minimum Gasteiger partial charge on any atom is -0.507 e. The lowest BCUT2D eigenvalue weighted by Crippen LogP contribution is -2.60. The van der Waals surface area contributed by atoms with E-state index >= 15 is 0 Å². The Morgan fingerprint density at radius 3 is 2.37 bits per heavy atom. The van der Waals surface area contributed by atoms with Crippen molar-refractivity contribution in [2.75, 3.05) is 6.61 Å². The number of carboxylic acids is 1. The lowest BCUT2D eigenvalue weighted by molar-refractivity contribution is -0.277. The lowest BCUT2D eigenvalue weighted by Gasteiger charge is -2.39. The molecule has 5 atom stereocenters. The number of rotatable bonds is 6. The first-order valence-electron chi connectivity index (χ1n) is 9.12. The van der Waals surface area contributed by atoms with E-state index in [9.17, 15) is 35.4 Å². The second kappa shape index (κ2) is 9.24. The molecular formula is C21H22O9. The van der Waals surface area contributed by atoms with E-state index in [1.165, 1.54) is 12.1 Å². The Bertz CT molecular complexity index is 910. The van der Waals surface area contributed by atoms with Gasteiger partial charge >= 0.3 is 5.97 Å². The number of aliphatic hydroxyl groups is 4. The van der Waals surface area contributed by atoms with Crippen LogP contribution >= 0.6 is 0 Å². The average molecular weight is 418 g/mol. The minimum absolute atomic E-state index is 0.0467. The smallest absolute Gasteiger partial charge is 0.340 e. The molecule has 0 unspecified atom stereocenters. The molecule has 0 bridgehead atoms. The number of aromatic hydroxyl groups is 1. The SMILES string of the molecule is O=C(O)c1c(O)cc(O[C@H]2O[C@@H](CO)[C@@H](O)[C@@H](O)[C@H]2O)cc1C=Cc1ccccc1. The fourth-order valence-corrected chi connectivity index (χ4v) is 3.10. The zero-order chi connectivity index (χ0) is 21.8. The molecule has 0 radical (unpaired) electrons. The van der Waals surface area contributed by atoms with Gasteiger partial charge in [-0.1, -0.05) is 42.5 Å². The van der Waals surface area contributed by atoms with Crippen molar-refractivity contribution in [2.24, 2.45) is 0 Å². The topological polar surface area (TPSA) is 157 Å². The molecule has 0 saturated carbocycles. The zero-order valence-electron chi connectivity index (χ0n) is 15.7. The van der Waals surface area contributed by atoms with Crippen LogP contribution in [0.1, 0.15) is 21.5 Å². The summed E-state index contributed by atoms with van der Waals surface area (Å²) in [4.78, 5) is 11.6.